The SMILES string of the molecule is O=c1[nH]c(N/N=C\c2cccc(F)c2)nc2c1CN(Cc1ccccc1)CC2. The van der Waals surface area contributed by atoms with Crippen molar-refractivity contribution >= 4 is 12.2 Å². The highest BCUT2D eigenvalue weighted by Crippen LogP contribution is 2.17. The van der Waals surface area contributed by atoms with E-state index in [-0.39, 0.29) is 17.3 Å². The lowest BCUT2D eigenvalue weighted by Gasteiger charge is -2.27. The normalized spacial score (nSPS) is 14.2. The van der Waals surface area contributed by atoms with Crippen LogP contribution in [-0.4, -0.2) is 27.6 Å². The maximum Gasteiger partial charge on any atom is 0.257 e. The molecule has 0 atom stereocenters. The summed E-state index contributed by atoms with van der Waals surface area (Å²) < 4.78 is 13.2. The predicted octanol–water partition coefficient (Wildman–Crippen LogP) is 2.91. The second kappa shape index (κ2) is 8.14. The first-order valence-corrected chi connectivity index (χ1v) is 9.10. The van der Waals surface area contributed by atoms with Gasteiger partial charge in [-0.05, 0) is 23.3 Å². The number of aromatic nitrogens is 2. The molecule has 1 aliphatic heterocycles. The Bertz CT molecular complexity index is 1050. The lowest BCUT2D eigenvalue weighted by Crippen LogP contribution is -2.35. The van der Waals surface area contributed by atoms with Crippen molar-refractivity contribution in [2.24, 2.45) is 5.10 Å². The van der Waals surface area contributed by atoms with Crippen molar-refractivity contribution in [3.8, 4) is 0 Å². The summed E-state index contributed by atoms with van der Waals surface area (Å²) in [6.45, 7) is 2.21. The number of nitrogens with one attached hydrogen (secondary N) is 2. The van der Waals surface area contributed by atoms with Crippen LogP contribution in [0, 0.1) is 5.82 Å². The highest BCUT2D eigenvalue weighted by Gasteiger charge is 2.21. The van der Waals surface area contributed by atoms with E-state index in [9.17, 15) is 9.18 Å². The maximum absolute atomic E-state index is 13.2. The van der Waals surface area contributed by atoms with Crippen molar-refractivity contribution in [2.75, 3.05) is 12.0 Å². The minimum atomic E-state index is -0.329. The van der Waals surface area contributed by atoms with Gasteiger partial charge in [0.05, 0.1) is 17.5 Å². The molecular weight excluding hydrogens is 357 g/mol. The summed E-state index contributed by atoms with van der Waals surface area (Å²) in [5, 5.41) is 4.03. The van der Waals surface area contributed by atoms with E-state index >= 15 is 0 Å². The van der Waals surface area contributed by atoms with Crippen LogP contribution in [0.15, 0.2) is 64.5 Å². The van der Waals surface area contributed by atoms with Crippen LogP contribution in [0.25, 0.3) is 0 Å². The van der Waals surface area contributed by atoms with E-state index < -0.39 is 0 Å². The van der Waals surface area contributed by atoms with Crippen LogP contribution in [0.1, 0.15) is 22.4 Å². The van der Waals surface area contributed by atoms with Gasteiger partial charge in [0.15, 0.2) is 0 Å². The van der Waals surface area contributed by atoms with E-state index in [1.165, 1.54) is 23.9 Å². The highest BCUT2D eigenvalue weighted by atomic mass is 19.1. The largest absolute Gasteiger partial charge is 0.294 e. The number of anilines is 1. The molecule has 6 nitrogen and oxygen atoms in total. The average molecular weight is 377 g/mol. The number of benzene rings is 2. The second-order valence-corrected chi connectivity index (χ2v) is 6.71. The molecule has 2 N–H and O–H groups in total. The summed E-state index contributed by atoms with van der Waals surface area (Å²) in [6, 6.07) is 16.3. The molecule has 0 saturated heterocycles. The Balaban J connectivity index is 1.44. The van der Waals surface area contributed by atoms with Gasteiger partial charge in [-0.25, -0.2) is 14.8 Å². The van der Waals surface area contributed by atoms with Gasteiger partial charge in [-0.1, -0.05) is 42.5 Å². The zero-order valence-electron chi connectivity index (χ0n) is 15.2. The first kappa shape index (κ1) is 18.1. The number of rotatable bonds is 5. The summed E-state index contributed by atoms with van der Waals surface area (Å²) in [7, 11) is 0. The van der Waals surface area contributed by atoms with Gasteiger partial charge in [0, 0.05) is 26.1 Å². The predicted molar refractivity (Wildman–Crippen MR) is 107 cm³/mol. The van der Waals surface area contributed by atoms with Crippen LogP contribution >= 0.6 is 0 Å². The number of hydrogen-bond donors (Lipinski definition) is 2. The van der Waals surface area contributed by atoms with E-state index in [0.717, 1.165) is 18.8 Å². The number of hydrazone groups is 1. The standard InChI is InChI=1S/C21H20FN5O/c22-17-8-4-7-16(11-17)12-23-26-21-24-19-9-10-27(14-18(19)20(28)25-21)13-15-5-2-1-3-6-15/h1-8,11-12H,9-10,13-14H2,(H2,24,25,26,28)/b23-12-. The molecule has 7 heteroatoms. The molecular formula is C21H20FN5O. The Labute approximate surface area is 161 Å². The Morgan fingerprint density at radius 1 is 1.21 bits per heavy atom. The fourth-order valence-electron chi connectivity index (χ4n) is 3.27. The summed E-state index contributed by atoms with van der Waals surface area (Å²) in [5.74, 6) is -0.0442. The van der Waals surface area contributed by atoms with E-state index in [2.05, 4.69) is 37.5 Å². The molecule has 0 fully saturated rings. The topological polar surface area (TPSA) is 73.4 Å². The first-order valence-electron chi connectivity index (χ1n) is 9.10. The fraction of sp³-hybridized carbons (Fsp3) is 0.190. The molecule has 142 valence electrons. The molecule has 1 aliphatic rings. The van der Waals surface area contributed by atoms with Gasteiger partial charge in [-0.2, -0.15) is 5.10 Å². The van der Waals surface area contributed by atoms with Crippen molar-refractivity contribution < 1.29 is 4.39 Å². The molecule has 0 aliphatic carbocycles. The third-order valence-electron chi connectivity index (χ3n) is 4.63. The molecule has 2 heterocycles. The number of aromatic amines is 1. The summed E-state index contributed by atoms with van der Waals surface area (Å²) in [6.07, 6.45) is 2.18. The Morgan fingerprint density at radius 3 is 2.89 bits per heavy atom. The quantitative estimate of drug-likeness (QED) is 0.530. The van der Waals surface area contributed by atoms with Crippen molar-refractivity contribution in [2.45, 2.75) is 19.5 Å². The highest BCUT2D eigenvalue weighted by molar-refractivity contribution is 5.79. The van der Waals surface area contributed by atoms with Crippen LogP contribution < -0.4 is 11.0 Å². The Kier molecular flexibility index (Phi) is 5.25. The van der Waals surface area contributed by atoms with Crippen LogP contribution in [0.3, 0.4) is 0 Å². The number of fused-ring (bicyclic) bond motifs is 1. The fourth-order valence-corrected chi connectivity index (χ4v) is 3.27. The minimum Gasteiger partial charge on any atom is -0.294 e. The van der Waals surface area contributed by atoms with Gasteiger partial charge in [0.1, 0.15) is 5.82 Å². The van der Waals surface area contributed by atoms with Crippen LogP contribution in [0.5, 0.6) is 0 Å². The average Bonchev–Trinajstić information content (AvgIpc) is 2.69. The van der Waals surface area contributed by atoms with Crippen LogP contribution in [0.2, 0.25) is 0 Å². The summed E-state index contributed by atoms with van der Waals surface area (Å²) >= 11 is 0. The second-order valence-electron chi connectivity index (χ2n) is 6.71. The monoisotopic (exact) mass is 377 g/mol. The molecule has 4 rings (SSSR count). The molecule has 0 saturated carbocycles. The van der Waals surface area contributed by atoms with E-state index in [1.54, 1.807) is 12.1 Å². The number of halogens is 1. The molecule has 0 amide bonds. The van der Waals surface area contributed by atoms with Gasteiger partial charge < -0.3 is 0 Å². The van der Waals surface area contributed by atoms with Gasteiger partial charge in [-0.3, -0.25) is 14.7 Å². The van der Waals surface area contributed by atoms with Gasteiger partial charge in [0.2, 0.25) is 5.95 Å². The van der Waals surface area contributed by atoms with Gasteiger partial charge in [-0.15, -0.1) is 0 Å². The third kappa shape index (κ3) is 4.32. The zero-order valence-corrected chi connectivity index (χ0v) is 15.2. The van der Waals surface area contributed by atoms with E-state index in [0.29, 0.717) is 24.1 Å². The van der Waals surface area contributed by atoms with E-state index in [1.807, 2.05) is 18.2 Å². The Morgan fingerprint density at radius 2 is 2.07 bits per heavy atom. The summed E-state index contributed by atoms with van der Waals surface area (Å²) in [5.41, 5.74) is 5.88. The van der Waals surface area contributed by atoms with Crippen molar-refractivity contribution in [3.63, 3.8) is 0 Å². The molecule has 28 heavy (non-hydrogen) atoms. The van der Waals surface area contributed by atoms with Gasteiger partial charge in [0.25, 0.3) is 5.56 Å². The van der Waals surface area contributed by atoms with Gasteiger partial charge >= 0.3 is 0 Å². The lowest BCUT2D eigenvalue weighted by atomic mass is 10.1. The van der Waals surface area contributed by atoms with Crippen molar-refractivity contribution in [1.82, 2.24) is 14.9 Å². The Hall–Kier alpha value is -3.32. The number of hydrogen-bond acceptors (Lipinski definition) is 5. The zero-order chi connectivity index (χ0) is 19.3. The smallest absolute Gasteiger partial charge is 0.257 e. The molecule has 0 radical (unpaired) electrons. The number of nitrogens with zero attached hydrogens (tertiary/aromatic N) is 3. The first-order chi connectivity index (χ1) is 13.7. The minimum absolute atomic E-state index is 0.161. The third-order valence-corrected chi connectivity index (χ3v) is 4.63. The molecule has 0 spiro atoms. The van der Waals surface area contributed by atoms with Crippen LogP contribution in [0.4, 0.5) is 10.3 Å². The van der Waals surface area contributed by atoms with E-state index in [4.69, 9.17) is 0 Å². The molecule has 0 bridgehead atoms. The lowest BCUT2D eigenvalue weighted by molar-refractivity contribution is 0.242. The van der Waals surface area contributed by atoms with Crippen LogP contribution in [-0.2, 0) is 19.5 Å². The molecule has 0 unspecified atom stereocenters. The van der Waals surface area contributed by atoms with Crippen molar-refractivity contribution in [1.29, 1.82) is 0 Å². The van der Waals surface area contributed by atoms with Crippen molar-refractivity contribution in [3.05, 3.63) is 93.2 Å². The molecule has 2 aromatic carbocycles. The summed E-state index contributed by atoms with van der Waals surface area (Å²) in [4.78, 5) is 21.9. The number of H-pyrrole nitrogens is 1. The molecule has 3 aromatic rings. The molecule has 1 aromatic heterocycles. The maximum atomic E-state index is 13.2.